The average Bonchev–Trinajstić information content (AvgIpc) is 2.32. The molecule has 0 saturated carbocycles. The molecule has 0 aliphatic heterocycles. The average molecular weight is 322 g/mol. The van der Waals surface area contributed by atoms with Crippen LogP contribution in [0.3, 0.4) is 0 Å². The topological polar surface area (TPSA) is 46.2 Å². The predicted octanol–water partition coefficient (Wildman–Crippen LogP) is 3.56. The lowest BCUT2D eigenvalue weighted by Crippen LogP contribution is -2.13. The zero-order valence-corrected chi connectivity index (χ0v) is 11.3. The molecule has 2 aromatic carbocycles. The van der Waals surface area contributed by atoms with E-state index in [2.05, 4.69) is 0 Å². The summed E-state index contributed by atoms with van der Waals surface area (Å²) < 4.78 is 64.9. The lowest BCUT2D eigenvalue weighted by molar-refractivity contribution is 0.568. The highest BCUT2D eigenvalue weighted by molar-refractivity contribution is 7.92. The van der Waals surface area contributed by atoms with Gasteiger partial charge in [-0.1, -0.05) is 11.6 Å². The summed E-state index contributed by atoms with van der Waals surface area (Å²) in [5, 5.41) is -0.282. The van der Waals surface area contributed by atoms with Gasteiger partial charge in [-0.2, -0.15) is 0 Å². The molecule has 2 rings (SSSR count). The summed E-state index contributed by atoms with van der Waals surface area (Å²) in [6, 6.07) is 5.02. The second kappa shape index (κ2) is 5.34. The number of nitrogens with one attached hydrogen (secondary N) is 1. The van der Waals surface area contributed by atoms with Crippen LogP contribution in [0.1, 0.15) is 0 Å². The van der Waals surface area contributed by atoms with E-state index in [1.807, 2.05) is 4.72 Å². The van der Waals surface area contributed by atoms with Gasteiger partial charge in [0.05, 0.1) is 15.6 Å². The van der Waals surface area contributed by atoms with Gasteiger partial charge in [0.15, 0.2) is 0 Å². The molecular formula is C12H7ClF3NO2S. The highest BCUT2D eigenvalue weighted by atomic mass is 35.5. The van der Waals surface area contributed by atoms with Gasteiger partial charge in [-0.3, -0.25) is 4.72 Å². The molecule has 106 valence electrons. The van der Waals surface area contributed by atoms with Crippen LogP contribution in [0.4, 0.5) is 18.9 Å². The quantitative estimate of drug-likeness (QED) is 0.939. The molecule has 1 N–H and O–H groups in total. The van der Waals surface area contributed by atoms with Crippen molar-refractivity contribution in [1.29, 1.82) is 0 Å². The van der Waals surface area contributed by atoms with Gasteiger partial charge in [-0.05, 0) is 30.3 Å². The van der Waals surface area contributed by atoms with E-state index in [9.17, 15) is 21.6 Å². The van der Waals surface area contributed by atoms with Crippen molar-refractivity contribution in [3.8, 4) is 0 Å². The lowest BCUT2D eigenvalue weighted by Gasteiger charge is -2.09. The number of hydrogen-bond donors (Lipinski definition) is 1. The SMILES string of the molecule is O=S(=O)(Nc1ccc(F)c(Cl)c1)c1cc(F)cc(F)c1. The predicted molar refractivity (Wildman–Crippen MR) is 68.6 cm³/mol. The Hall–Kier alpha value is -1.73. The van der Waals surface area contributed by atoms with Crippen molar-refractivity contribution in [1.82, 2.24) is 0 Å². The van der Waals surface area contributed by atoms with Crippen LogP contribution in [0.25, 0.3) is 0 Å². The third kappa shape index (κ3) is 3.23. The van der Waals surface area contributed by atoms with Crippen LogP contribution in [0, 0.1) is 17.5 Å². The maximum Gasteiger partial charge on any atom is 0.262 e. The highest BCUT2D eigenvalue weighted by Gasteiger charge is 2.17. The fourth-order valence-electron chi connectivity index (χ4n) is 1.46. The van der Waals surface area contributed by atoms with Crippen LogP contribution in [0.2, 0.25) is 5.02 Å². The zero-order chi connectivity index (χ0) is 14.9. The molecule has 0 atom stereocenters. The van der Waals surface area contributed by atoms with E-state index in [1.165, 1.54) is 0 Å². The summed E-state index contributed by atoms with van der Waals surface area (Å²) in [6.07, 6.45) is 0. The molecule has 0 bridgehead atoms. The highest BCUT2D eigenvalue weighted by Crippen LogP contribution is 2.22. The maximum absolute atomic E-state index is 13.0. The summed E-state index contributed by atoms with van der Waals surface area (Å²) in [5.74, 6) is -2.77. The molecule has 0 saturated heterocycles. The first-order chi connectivity index (χ1) is 9.28. The number of halogens is 4. The first-order valence-electron chi connectivity index (χ1n) is 5.22. The van der Waals surface area contributed by atoms with Crippen molar-refractivity contribution in [2.45, 2.75) is 4.90 Å². The molecule has 0 aliphatic rings. The number of hydrogen-bond acceptors (Lipinski definition) is 2. The van der Waals surface area contributed by atoms with E-state index in [0.29, 0.717) is 18.2 Å². The van der Waals surface area contributed by atoms with Crippen LogP contribution in [-0.2, 0) is 10.0 Å². The van der Waals surface area contributed by atoms with Gasteiger partial charge in [-0.25, -0.2) is 21.6 Å². The number of sulfonamides is 1. The van der Waals surface area contributed by atoms with Gasteiger partial charge in [-0.15, -0.1) is 0 Å². The first kappa shape index (κ1) is 14.7. The fourth-order valence-corrected chi connectivity index (χ4v) is 2.73. The van der Waals surface area contributed by atoms with Crippen LogP contribution in [0.5, 0.6) is 0 Å². The second-order valence-corrected chi connectivity index (χ2v) is 5.93. The summed E-state index contributed by atoms with van der Waals surface area (Å²) in [5.41, 5.74) is -0.0268. The molecule has 0 heterocycles. The summed E-state index contributed by atoms with van der Waals surface area (Å²) in [6.45, 7) is 0. The second-order valence-electron chi connectivity index (χ2n) is 3.84. The molecular weight excluding hydrogens is 315 g/mol. The minimum absolute atomic E-state index is 0.0268. The molecule has 0 aliphatic carbocycles. The summed E-state index contributed by atoms with van der Waals surface area (Å²) >= 11 is 5.51. The van der Waals surface area contributed by atoms with E-state index in [1.54, 1.807) is 0 Å². The number of benzene rings is 2. The van der Waals surface area contributed by atoms with Gasteiger partial charge < -0.3 is 0 Å². The Balaban J connectivity index is 2.37. The smallest absolute Gasteiger partial charge is 0.262 e. The van der Waals surface area contributed by atoms with E-state index in [0.717, 1.165) is 18.2 Å². The molecule has 8 heteroatoms. The normalized spacial score (nSPS) is 11.4. The summed E-state index contributed by atoms with van der Waals surface area (Å²) in [7, 11) is -4.20. The Morgan fingerprint density at radius 2 is 1.55 bits per heavy atom. The van der Waals surface area contributed by atoms with Crippen LogP contribution < -0.4 is 4.72 Å². The number of anilines is 1. The van der Waals surface area contributed by atoms with Gasteiger partial charge in [0, 0.05) is 6.07 Å². The largest absolute Gasteiger partial charge is 0.280 e. The summed E-state index contributed by atoms with van der Waals surface area (Å²) in [4.78, 5) is -0.588. The Kier molecular flexibility index (Phi) is 3.92. The van der Waals surface area contributed by atoms with Crippen LogP contribution in [-0.4, -0.2) is 8.42 Å². The Morgan fingerprint density at radius 3 is 2.10 bits per heavy atom. The third-order valence-electron chi connectivity index (χ3n) is 2.32. The van der Waals surface area contributed by atoms with Gasteiger partial charge >= 0.3 is 0 Å². The molecule has 0 aromatic heterocycles. The number of rotatable bonds is 3. The lowest BCUT2D eigenvalue weighted by atomic mass is 10.3. The van der Waals surface area contributed by atoms with E-state index < -0.39 is 32.4 Å². The van der Waals surface area contributed by atoms with Crippen molar-refractivity contribution in [3.63, 3.8) is 0 Å². The van der Waals surface area contributed by atoms with Gasteiger partial charge in [0.2, 0.25) is 0 Å². The van der Waals surface area contributed by atoms with Crippen molar-refractivity contribution in [2.24, 2.45) is 0 Å². The molecule has 3 nitrogen and oxygen atoms in total. The molecule has 20 heavy (non-hydrogen) atoms. The molecule has 2 aromatic rings. The standard InChI is InChI=1S/C12H7ClF3NO2S/c13-11-6-9(1-2-12(11)16)17-20(18,19)10-4-7(14)3-8(15)5-10/h1-6,17H. The monoisotopic (exact) mass is 321 g/mol. The van der Waals surface area contributed by atoms with Crippen molar-refractivity contribution < 1.29 is 21.6 Å². The first-order valence-corrected chi connectivity index (χ1v) is 7.08. The Labute approximate surface area is 118 Å². The minimum Gasteiger partial charge on any atom is -0.280 e. The minimum atomic E-state index is -4.20. The maximum atomic E-state index is 13.0. The van der Waals surface area contributed by atoms with Crippen LogP contribution >= 0.6 is 11.6 Å². The Morgan fingerprint density at radius 1 is 0.950 bits per heavy atom. The third-order valence-corrected chi connectivity index (χ3v) is 3.97. The molecule has 0 unspecified atom stereocenters. The Bertz CT molecular complexity index is 745. The van der Waals surface area contributed by atoms with E-state index in [-0.39, 0.29) is 10.7 Å². The molecule has 0 spiro atoms. The van der Waals surface area contributed by atoms with Crippen LogP contribution in [0.15, 0.2) is 41.3 Å². The fraction of sp³-hybridized carbons (Fsp3) is 0. The van der Waals surface area contributed by atoms with Gasteiger partial charge in [0.1, 0.15) is 17.5 Å². The van der Waals surface area contributed by atoms with Crippen molar-refractivity contribution >= 4 is 27.3 Å². The zero-order valence-electron chi connectivity index (χ0n) is 9.70. The van der Waals surface area contributed by atoms with Crippen molar-refractivity contribution in [2.75, 3.05) is 4.72 Å². The van der Waals surface area contributed by atoms with E-state index in [4.69, 9.17) is 11.6 Å². The molecule has 0 amide bonds. The molecule has 0 fully saturated rings. The van der Waals surface area contributed by atoms with Crippen molar-refractivity contribution in [3.05, 3.63) is 58.9 Å². The van der Waals surface area contributed by atoms with Gasteiger partial charge in [0.25, 0.3) is 10.0 Å². The van der Waals surface area contributed by atoms with E-state index >= 15 is 0 Å². The molecule has 0 radical (unpaired) electrons.